The fraction of sp³-hybridized carbons (Fsp3) is 0.611. The zero-order valence-corrected chi connectivity index (χ0v) is 14.8. The number of fused-ring (bicyclic) bond motifs is 1. The first-order chi connectivity index (χ1) is 11.1. The Labute approximate surface area is 148 Å². The third-order valence-electron chi connectivity index (χ3n) is 5.46. The normalized spacial score (nSPS) is 30.7. The molecule has 2 N–H and O–H groups in total. The van der Waals surface area contributed by atoms with Gasteiger partial charge in [-0.25, -0.2) is 0 Å². The summed E-state index contributed by atoms with van der Waals surface area (Å²) in [4.78, 5) is 14.7. The van der Waals surface area contributed by atoms with Crippen LogP contribution in [0, 0.1) is 11.3 Å². The molecule has 1 aliphatic carbocycles. The first kappa shape index (κ1) is 17.4. The number of likely N-dealkylation sites (tertiary alicyclic amines) is 1. The second-order valence-electron chi connectivity index (χ2n) is 7.38. The van der Waals surface area contributed by atoms with Crippen molar-refractivity contribution in [3.63, 3.8) is 0 Å². The van der Waals surface area contributed by atoms with Crippen molar-refractivity contribution in [3.05, 3.63) is 23.8 Å². The Balaban J connectivity index is 0.00000169. The molecule has 3 aliphatic rings. The summed E-state index contributed by atoms with van der Waals surface area (Å²) in [5.74, 6) is 2.35. The SMILES string of the molecule is CC1(CN)CCN(C(=O)C2CC2c2ccc3c(c2)OCCO3)C1.Cl. The molecule has 2 fully saturated rings. The summed E-state index contributed by atoms with van der Waals surface area (Å²) in [7, 11) is 0. The minimum Gasteiger partial charge on any atom is -0.486 e. The number of ether oxygens (including phenoxy) is 2. The van der Waals surface area contributed by atoms with Gasteiger partial charge in [0.2, 0.25) is 5.91 Å². The molecule has 0 spiro atoms. The first-order valence-electron chi connectivity index (χ1n) is 8.48. The van der Waals surface area contributed by atoms with Gasteiger partial charge in [0.05, 0.1) is 0 Å². The molecule has 6 heteroatoms. The molecule has 1 amide bonds. The molecular weight excluding hydrogens is 328 g/mol. The lowest BCUT2D eigenvalue weighted by Gasteiger charge is -2.22. The Hall–Kier alpha value is -1.46. The summed E-state index contributed by atoms with van der Waals surface area (Å²) in [6.07, 6.45) is 1.95. The Morgan fingerprint density at radius 3 is 2.79 bits per heavy atom. The van der Waals surface area contributed by atoms with E-state index in [1.165, 1.54) is 5.56 Å². The average molecular weight is 353 g/mol. The van der Waals surface area contributed by atoms with E-state index in [9.17, 15) is 4.79 Å². The molecule has 3 unspecified atom stereocenters. The van der Waals surface area contributed by atoms with Gasteiger partial charge in [0.15, 0.2) is 11.5 Å². The summed E-state index contributed by atoms with van der Waals surface area (Å²) >= 11 is 0. The van der Waals surface area contributed by atoms with Crippen molar-refractivity contribution in [2.24, 2.45) is 17.1 Å². The summed E-state index contributed by atoms with van der Waals surface area (Å²) in [5.41, 5.74) is 7.12. The van der Waals surface area contributed by atoms with Gasteiger partial charge >= 0.3 is 0 Å². The van der Waals surface area contributed by atoms with E-state index in [-0.39, 0.29) is 23.7 Å². The molecule has 3 atom stereocenters. The standard InChI is InChI=1S/C18H24N2O3.ClH/c1-18(10-19)4-5-20(11-18)17(21)14-9-13(14)12-2-3-15-16(8-12)23-7-6-22-15;/h2-3,8,13-14H,4-7,9-11,19H2,1H3;1H. The third kappa shape index (κ3) is 3.07. The van der Waals surface area contributed by atoms with E-state index in [0.717, 1.165) is 37.4 Å². The molecule has 0 aromatic heterocycles. The van der Waals surface area contributed by atoms with Crippen LogP contribution in [-0.2, 0) is 4.79 Å². The molecule has 0 bridgehead atoms. The molecular formula is C18H25ClN2O3. The van der Waals surface area contributed by atoms with Gasteiger partial charge in [-0.15, -0.1) is 12.4 Å². The van der Waals surface area contributed by atoms with E-state index in [4.69, 9.17) is 15.2 Å². The van der Waals surface area contributed by atoms with Crippen LogP contribution in [0.5, 0.6) is 11.5 Å². The first-order valence-corrected chi connectivity index (χ1v) is 8.48. The second kappa shape index (κ2) is 6.45. The highest BCUT2D eigenvalue weighted by Crippen LogP contribution is 2.50. The van der Waals surface area contributed by atoms with Crippen LogP contribution in [0.3, 0.4) is 0 Å². The number of carbonyl (C=O) groups is 1. The summed E-state index contributed by atoms with van der Waals surface area (Å²) in [6.45, 7) is 5.66. The Morgan fingerprint density at radius 2 is 2.08 bits per heavy atom. The summed E-state index contributed by atoms with van der Waals surface area (Å²) < 4.78 is 11.2. The molecule has 5 nitrogen and oxygen atoms in total. The van der Waals surface area contributed by atoms with Gasteiger partial charge in [-0.1, -0.05) is 13.0 Å². The molecule has 1 aromatic rings. The van der Waals surface area contributed by atoms with Gasteiger partial charge in [0.25, 0.3) is 0 Å². The monoisotopic (exact) mass is 352 g/mol. The van der Waals surface area contributed by atoms with E-state index in [0.29, 0.717) is 31.6 Å². The van der Waals surface area contributed by atoms with Crippen LogP contribution in [0.25, 0.3) is 0 Å². The van der Waals surface area contributed by atoms with Gasteiger partial charge in [-0.05, 0) is 48.4 Å². The molecule has 4 rings (SSSR count). The van der Waals surface area contributed by atoms with Crippen LogP contribution in [0.15, 0.2) is 18.2 Å². The van der Waals surface area contributed by atoms with Crippen molar-refractivity contribution in [2.45, 2.75) is 25.7 Å². The summed E-state index contributed by atoms with van der Waals surface area (Å²) in [5, 5.41) is 0. The van der Waals surface area contributed by atoms with E-state index in [1.54, 1.807) is 0 Å². The van der Waals surface area contributed by atoms with Crippen molar-refractivity contribution in [1.29, 1.82) is 0 Å². The van der Waals surface area contributed by atoms with Crippen molar-refractivity contribution < 1.29 is 14.3 Å². The third-order valence-corrected chi connectivity index (χ3v) is 5.46. The highest BCUT2D eigenvalue weighted by atomic mass is 35.5. The Kier molecular flexibility index (Phi) is 4.67. The molecule has 1 saturated heterocycles. The minimum atomic E-state index is 0. The van der Waals surface area contributed by atoms with E-state index >= 15 is 0 Å². The van der Waals surface area contributed by atoms with Crippen LogP contribution >= 0.6 is 12.4 Å². The molecule has 24 heavy (non-hydrogen) atoms. The van der Waals surface area contributed by atoms with Crippen molar-refractivity contribution >= 4 is 18.3 Å². The topological polar surface area (TPSA) is 64.8 Å². The Bertz CT molecular complexity index is 639. The van der Waals surface area contributed by atoms with Crippen LogP contribution in [0.4, 0.5) is 0 Å². The van der Waals surface area contributed by atoms with Gasteiger partial charge in [-0.2, -0.15) is 0 Å². The lowest BCUT2D eigenvalue weighted by Crippen LogP contribution is -2.35. The number of carbonyl (C=O) groups excluding carboxylic acids is 1. The predicted octanol–water partition coefficient (Wildman–Crippen LogP) is 2.18. The molecule has 1 aromatic carbocycles. The van der Waals surface area contributed by atoms with E-state index in [2.05, 4.69) is 13.0 Å². The van der Waals surface area contributed by atoms with Crippen molar-refractivity contribution in [2.75, 3.05) is 32.8 Å². The highest BCUT2D eigenvalue weighted by molar-refractivity contribution is 5.85. The van der Waals surface area contributed by atoms with E-state index < -0.39 is 0 Å². The van der Waals surface area contributed by atoms with Crippen LogP contribution in [-0.4, -0.2) is 43.7 Å². The van der Waals surface area contributed by atoms with Gasteiger partial charge in [-0.3, -0.25) is 4.79 Å². The maximum absolute atomic E-state index is 12.7. The minimum absolute atomic E-state index is 0. The van der Waals surface area contributed by atoms with E-state index in [1.807, 2.05) is 17.0 Å². The van der Waals surface area contributed by atoms with Crippen molar-refractivity contribution in [3.8, 4) is 11.5 Å². The molecule has 132 valence electrons. The van der Waals surface area contributed by atoms with Crippen LogP contribution < -0.4 is 15.2 Å². The predicted molar refractivity (Wildman–Crippen MR) is 93.9 cm³/mol. The average Bonchev–Trinajstić information content (AvgIpc) is 3.29. The number of hydrogen-bond donors (Lipinski definition) is 1. The number of benzene rings is 1. The van der Waals surface area contributed by atoms with Gasteiger partial charge in [0.1, 0.15) is 13.2 Å². The number of hydrogen-bond acceptors (Lipinski definition) is 4. The Morgan fingerprint density at radius 1 is 1.33 bits per heavy atom. The number of halogens is 1. The van der Waals surface area contributed by atoms with Crippen LogP contribution in [0.2, 0.25) is 0 Å². The largest absolute Gasteiger partial charge is 0.486 e. The van der Waals surface area contributed by atoms with Crippen LogP contribution in [0.1, 0.15) is 31.2 Å². The zero-order chi connectivity index (χ0) is 16.0. The fourth-order valence-electron chi connectivity index (χ4n) is 3.74. The summed E-state index contributed by atoms with van der Waals surface area (Å²) in [6, 6.07) is 6.07. The lowest BCUT2D eigenvalue weighted by atomic mass is 9.90. The maximum atomic E-state index is 12.7. The second-order valence-corrected chi connectivity index (χ2v) is 7.38. The maximum Gasteiger partial charge on any atom is 0.226 e. The fourth-order valence-corrected chi connectivity index (χ4v) is 3.74. The molecule has 2 heterocycles. The molecule has 1 saturated carbocycles. The smallest absolute Gasteiger partial charge is 0.226 e. The molecule has 2 aliphatic heterocycles. The number of amides is 1. The number of rotatable bonds is 3. The van der Waals surface area contributed by atoms with Gasteiger partial charge < -0.3 is 20.1 Å². The highest BCUT2D eigenvalue weighted by Gasteiger charge is 2.48. The van der Waals surface area contributed by atoms with Gasteiger partial charge in [0, 0.05) is 19.0 Å². The zero-order valence-electron chi connectivity index (χ0n) is 14.0. The molecule has 0 radical (unpaired) electrons. The van der Waals surface area contributed by atoms with Crippen molar-refractivity contribution in [1.82, 2.24) is 4.90 Å². The quantitative estimate of drug-likeness (QED) is 0.905. The number of nitrogens with two attached hydrogens (primary N) is 1. The lowest BCUT2D eigenvalue weighted by molar-refractivity contribution is -0.132. The number of nitrogens with zero attached hydrogens (tertiary/aromatic N) is 1.